The minimum absolute atomic E-state index is 0.00576. The molecule has 0 bridgehead atoms. The molecule has 0 spiro atoms. The topological polar surface area (TPSA) is 26.3 Å². The molecule has 0 heterocycles. The molecule has 0 aliphatic carbocycles. The maximum absolute atomic E-state index is 12.2. The summed E-state index contributed by atoms with van der Waals surface area (Å²) in [6.45, 7) is 17.2. The van der Waals surface area contributed by atoms with E-state index in [1.807, 2.05) is 13.8 Å². The van der Waals surface area contributed by atoms with Gasteiger partial charge in [0.05, 0.1) is 5.56 Å². The van der Waals surface area contributed by atoms with E-state index in [1.165, 1.54) is 16.7 Å². The monoisotopic (exact) mass is 388 g/mol. The fourth-order valence-electron chi connectivity index (χ4n) is 3.57. The van der Waals surface area contributed by atoms with Crippen molar-refractivity contribution >= 4 is 29.0 Å². The van der Waals surface area contributed by atoms with E-state index < -0.39 is 0 Å². The smallest absolute Gasteiger partial charge is 0.348 e. The lowest BCUT2D eigenvalue weighted by molar-refractivity contribution is 0.0798. The Labute approximate surface area is 137 Å². The number of carbonyl (C=O) groups is 1. The molecular weight excluding hydrogens is 363 g/mol. The predicted octanol–water partition coefficient (Wildman–Crippen LogP) is 5.54. The van der Waals surface area contributed by atoms with Crippen LogP contribution in [-0.4, -0.2) is 5.97 Å². The molecule has 0 unspecified atom stereocenters. The van der Waals surface area contributed by atoms with Crippen molar-refractivity contribution in [2.24, 2.45) is 0 Å². The van der Waals surface area contributed by atoms with Crippen LogP contribution in [0.25, 0.3) is 0 Å². The van der Waals surface area contributed by atoms with Crippen molar-refractivity contribution in [1.29, 1.82) is 0 Å². The van der Waals surface area contributed by atoms with E-state index in [0.29, 0.717) is 5.92 Å². The number of hydrogen-bond acceptors (Lipinski definition) is 2. The Morgan fingerprint density at radius 1 is 1.05 bits per heavy atom. The second-order valence-electron chi connectivity index (χ2n) is 6.81. The summed E-state index contributed by atoms with van der Waals surface area (Å²) in [5.74, 6) is 0.144. The van der Waals surface area contributed by atoms with E-state index in [2.05, 4.69) is 41.5 Å². The van der Waals surface area contributed by atoms with Crippen LogP contribution >= 0.6 is 23.0 Å². The molecule has 0 aliphatic heterocycles. The van der Waals surface area contributed by atoms with Gasteiger partial charge in [-0.15, -0.1) is 0 Å². The van der Waals surface area contributed by atoms with Crippen molar-refractivity contribution in [2.75, 3.05) is 0 Å². The highest BCUT2D eigenvalue weighted by atomic mass is 127. The number of carbonyl (C=O) groups excluding carboxylic acids is 1. The number of hydrogen-bond donors (Lipinski definition) is 0. The Hall–Kier alpha value is -0.580. The SMILES string of the molecule is Cc1c(C(=O)OI)c(C)c(C(C)(C)C)c(C)c1C(C)C. The summed E-state index contributed by atoms with van der Waals surface area (Å²) in [5, 5.41) is 0. The normalized spacial score (nSPS) is 11.9. The van der Waals surface area contributed by atoms with Gasteiger partial charge in [-0.1, -0.05) is 34.6 Å². The zero-order valence-corrected chi connectivity index (χ0v) is 15.9. The molecule has 0 atom stereocenters. The van der Waals surface area contributed by atoms with E-state index in [1.54, 1.807) is 23.0 Å². The van der Waals surface area contributed by atoms with Crippen molar-refractivity contribution in [2.45, 2.75) is 66.7 Å². The van der Waals surface area contributed by atoms with Gasteiger partial charge in [0.1, 0.15) is 0 Å². The molecule has 0 saturated carbocycles. The second kappa shape index (κ2) is 6.04. The van der Waals surface area contributed by atoms with Crippen LogP contribution < -0.4 is 0 Å². The quantitative estimate of drug-likeness (QED) is 0.622. The molecule has 20 heavy (non-hydrogen) atoms. The number of benzene rings is 1. The lowest BCUT2D eigenvalue weighted by atomic mass is 9.74. The Morgan fingerprint density at radius 3 is 1.90 bits per heavy atom. The van der Waals surface area contributed by atoms with Crippen LogP contribution in [0.5, 0.6) is 0 Å². The standard InChI is InChI=1S/C17H25IO2/c1-9(2)13-10(3)14(16(19)20-18)12(5)15(11(13)4)17(6,7)8/h9H,1-8H3. The van der Waals surface area contributed by atoms with Crippen LogP contribution in [0.3, 0.4) is 0 Å². The third-order valence-corrected chi connectivity index (χ3v) is 4.31. The molecule has 0 aromatic heterocycles. The summed E-state index contributed by atoms with van der Waals surface area (Å²) in [5.41, 5.74) is 6.71. The first kappa shape index (κ1) is 17.5. The summed E-state index contributed by atoms with van der Waals surface area (Å²) in [6.07, 6.45) is 0. The first-order chi connectivity index (χ1) is 9.03. The van der Waals surface area contributed by atoms with Crippen LogP contribution in [0.4, 0.5) is 0 Å². The molecule has 0 fully saturated rings. The van der Waals surface area contributed by atoms with Crippen LogP contribution in [0.15, 0.2) is 0 Å². The average molecular weight is 388 g/mol. The van der Waals surface area contributed by atoms with Crippen LogP contribution in [-0.2, 0) is 8.48 Å². The summed E-state index contributed by atoms with van der Waals surface area (Å²) in [7, 11) is 0. The molecule has 1 rings (SSSR count). The Morgan fingerprint density at radius 2 is 1.55 bits per heavy atom. The zero-order valence-electron chi connectivity index (χ0n) is 13.8. The van der Waals surface area contributed by atoms with Crippen molar-refractivity contribution in [3.63, 3.8) is 0 Å². The van der Waals surface area contributed by atoms with E-state index in [9.17, 15) is 4.79 Å². The fraction of sp³-hybridized carbons (Fsp3) is 0.588. The number of halogens is 1. The lowest BCUT2D eigenvalue weighted by Crippen LogP contribution is -2.21. The van der Waals surface area contributed by atoms with E-state index in [-0.39, 0.29) is 11.4 Å². The summed E-state index contributed by atoms with van der Waals surface area (Å²) < 4.78 is 4.97. The van der Waals surface area contributed by atoms with Gasteiger partial charge in [0, 0.05) is 0 Å². The third kappa shape index (κ3) is 3.02. The molecular formula is C17H25IO2. The van der Waals surface area contributed by atoms with Gasteiger partial charge in [-0.2, -0.15) is 0 Å². The first-order valence-corrected chi connectivity index (χ1v) is 7.89. The predicted molar refractivity (Wildman–Crippen MR) is 92.9 cm³/mol. The van der Waals surface area contributed by atoms with E-state index in [4.69, 9.17) is 3.07 Å². The van der Waals surface area contributed by atoms with Crippen molar-refractivity contribution in [1.82, 2.24) is 0 Å². The molecule has 2 nitrogen and oxygen atoms in total. The second-order valence-corrected chi connectivity index (χ2v) is 7.25. The third-order valence-electron chi connectivity index (χ3n) is 3.91. The molecule has 0 N–H and O–H groups in total. The molecule has 112 valence electrons. The highest BCUT2D eigenvalue weighted by Gasteiger charge is 2.28. The Balaban J connectivity index is 3.89. The summed E-state index contributed by atoms with van der Waals surface area (Å²) in [4.78, 5) is 12.2. The molecule has 1 aromatic rings. The van der Waals surface area contributed by atoms with E-state index >= 15 is 0 Å². The van der Waals surface area contributed by atoms with Gasteiger partial charge in [-0.05, 0) is 59.9 Å². The minimum Gasteiger partial charge on any atom is -0.391 e. The summed E-state index contributed by atoms with van der Waals surface area (Å²) in [6, 6.07) is 0. The molecule has 0 aliphatic rings. The Bertz CT molecular complexity index is 537. The average Bonchev–Trinajstić information content (AvgIpc) is 2.25. The first-order valence-electron chi connectivity index (χ1n) is 7.01. The molecule has 0 radical (unpaired) electrons. The van der Waals surface area contributed by atoms with Gasteiger partial charge >= 0.3 is 5.97 Å². The summed E-state index contributed by atoms with van der Waals surface area (Å²) >= 11 is 1.67. The van der Waals surface area contributed by atoms with Gasteiger partial charge in [0.15, 0.2) is 23.0 Å². The van der Waals surface area contributed by atoms with Gasteiger partial charge < -0.3 is 3.07 Å². The van der Waals surface area contributed by atoms with Crippen molar-refractivity contribution in [3.05, 3.63) is 33.4 Å². The van der Waals surface area contributed by atoms with Crippen molar-refractivity contribution in [3.8, 4) is 0 Å². The zero-order chi connectivity index (χ0) is 15.8. The lowest BCUT2D eigenvalue weighted by Gasteiger charge is -2.30. The molecule has 1 aromatic carbocycles. The maximum atomic E-state index is 12.2. The van der Waals surface area contributed by atoms with Gasteiger partial charge in [0.25, 0.3) is 0 Å². The molecule has 3 heteroatoms. The van der Waals surface area contributed by atoms with Gasteiger partial charge in [0.2, 0.25) is 0 Å². The largest absolute Gasteiger partial charge is 0.391 e. The van der Waals surface area contributed by atoms with Crippen molar-refractivity contribution < 1.29 is 7.86 Å². The fourth-order valence-corrected chi connectivity index (χ4v) is 3.79. The minimum atomic E-state index is -0.243. The van der Waals surface area contributed by atoms with Crippen LogP contribution in [0, 0.1) is 20.8 Å². The van der Waals surface area contributed by atoms with Crippen LogP contribution in [0.2, 0.25) is 0 Å². The highest BCUT2D eigenvalue weighted by molar-refractivity contribution is 14.1. The van der Waals surface area contributed by atoms with Gasteiger partial charge in [-0.3, -0.25) is 0 Å². The maximum Gasteiger partial charge on any atom is 0.348 e. The molecule has 0 amide bonds. The van der Waals surface area contributed by atoms with Crippen LogP contribution in [0.1, 0.15) is 78.7 Å². The number of rotatable bonds is 2. The van der Waals surface area contributed by atoms with Gasteiger partial charge in [-0.25, -0.2) is 4.79 Å². The molecule has 0 saturated heterocycles. The Kier molecular flexibility index (Phi) is 5.28. The van der Waals surface area contributed by atoms with E-state index in [0.717, 1.165) is 16.7 Å². The highest BCUT2D eigenvalue weighted by Crippen LogP contribution is 2.38.